The molecule has 8 nitrogen and oxygen atoms in total. The number of aliphatic hydroxyl groups excluding tert-OH is 4. The molecule has 12 atom stereocenters. The zero-order valence-corrected chi connectivity index (χ0v) is 31.1. The van der Waals surface area contributed by atoms with E-state index in [-0.39, 0.29) is 33.0 Å². The molecule has 0 radical (unpaired) electrons. The fourth-order valence-electron chi connectivity index (χ4n) is 13.3. The average Bonchev–Trinajstić information content (AvgIpc) is 3.44. The summed E-state index contributed by atoms with van der Waals surface area (Å²) in [6.07, 6.45) is 3.70. The van der Waals surface area contributed by atoms with E-state index in [1.54, 1.807) is 0 Å². The highest BCUT2D eigenvalue weighted by molar-refractivity contribution is 5.85. The average molecular weight is 690 g/mol. The maximum Gasteiger partial charge on any atom is 0.315 e. The van der Waals surface area contributed by atoms with Gasteiger partial charge in [0.25, 0.3) is 0 Å². The number of rotatable bonds is 3. The van der Waals surface area contributed by atoms with Crippen LogP contribution < -0.4 is 0 Å². The van der Waals surface area contributed by atoms with Crippen molar-refractivity contribution in [2.75, 3.05) is 6.61 Å². The molecule has 4 fully saturated rings. The van der Waals surface area contributed by atoms with Gasteiger partial charge in [0.15, 0.2) is 0 Å². The third kappa shape index (κ3) is 4.50. The number of carbonyl (C=O) groups excluding carboxylic acids is 1. The predicted octanol–water partition coefficient (Wildman–Crippen LogP) is 6.33. The SMILES string of the molecule is CC1(C)CC[C@]2(C(=O)O[C@@H]3O[C@H](CO)[C@@H](O)[C@H](O)[C@H]3O)CC[C@]3(C)C(=CC[C@@H]4[C@@]5(C)Cc6c([nH]c7ccccc67)C(C)(C)[C@@H]5CC[C@]43C)[C@@H]2C1. The predicted molar refractivity (Wildman–Crippen MR) is 191 cm³/mol. The summed E-state index contributed by atoms with van der Waals surface area (Å²) in [4.78, 5) is 18.4. The number of para-hydroxylation sites is 1. The smallest absolute Gasteiger partial charge is 0.315 e. The Labute approximate surface area is 297 Å². The van der Waals surface area contributed by atoms with E-state index < -0.39 is 48.7 Å². The zero-order valence-electron chi connectivity index (χ0n) is 31.1. The minimum Gasteiger partial charge on any atom is -0.432 e. The molecule has 6 aliphatic rings. The Morgan fingerprint density at radius 3 is 2.38 bits per heavy atom. The first-order chi connectivity index (χ1) is 23.4. The van der Waals surface area contributed by atoms with Gasteiger partial charge >= 0.3 is 5.97 Å². The van der Waals surface area contributed by atoms with E-state index in [1.165, 1.54) is 34.2 Å². The summed E-state index contributed by atoms with van der Waals surface area (Å²) in [6.45, 7) is 16.7. The number of hydrogen-bond acceptors (Lipinski definition) is 7. The van der Waals surface area contributed by atoms with Crippen molar-refractivity contribution < 1.29 is 34.7 Å². The lowest BCUT2D eigenvalue weighted by atomic mass is 9.33. The van der Waals surface area contributed by atoms with Gasteiger partial charge < -0.3 is 34.9 Å². The van der Waals surface area contributed by atoms with Crippen LogP contribution in [0.25, 0.3) is 10.9 Å². The number of aliphatic hydroxyl groups is 4. The van der Waals surface area contributed by atoms with E-state index >= 15 is 0 Å². The Balaban J connectivity index is 1.16. The van der Waals surface area contributed by atoms with Crippen LogP contribution in [0.5, 0.6) is 0 Å². The molecule has 5 N–H and O–H groups in total. The van der Waals surface area contributed by atoms with E-state index in [4.69, 9.17) is 9.47 Å². The molecule has 2 aromatic rings. The molecular formula is C42H59NO7. The number of allylic oxidation sites excluding steroid dienone is 2. The second-order valence-corrected chi connectivity index (χ2v) is 19.4. The van der Waals surface area contributed by atoms with Gasteiger partial charge in [-0.2, -0.15) is 0 Å². The summed E-state index contributed by atoms with van der Waals surface area (Å²) in [7, 11) is 0. The van der Waals surface area contributed by atoms with Gasteiger partial charge in [0.2, 0.25) is 6.29 Å². The van der Waals surface area contributed by atoms with E-state index in [9.17, 15) is 25.2 Å². The van der Waals surface area contributed by atoms with Gasteiger partial charge in [0.1, 0.15) is 24.4 Å². The Kier molecular flexibility index (Phi) is 7.76. The third-order valence-electron chi connectivity index (χ3n) is 16.3. The van der Waals surface area contributed by atoms with Crippen molar-refractivity contribution >= 4 is 16.9 Å². The van der Waals surface area contributed by atoms with Gasteiger partial charge in [-0.15, -0.1) is 0 Å². The fraction of sp³-hybridized carbons (Fsp3) is 0.738. The number of nitrogens with one attached hydrogen (secondary N) is 1. The molecule has 0 bridgehead atoms. The van der Waals surface area contributed by atoms with Gasteiger partial charge in [-0.25, -0.2) is 0 Å². The highest BCUT2D eigenvalue weighted by Crippen LogP contribution is 2.75. The highest BCUT2D eigenvalue weighted by Gasteiger charge is 2.69. The van der Waals surface area contributed by atoms with Crippen molar-refractivity contribution in [3.05, 3.63) is 47.2 Å². The molecule has 1 saturated heterocycles. The summed E-state index contributed by atoms with van der Waals surface area (Å²) in [5.74, 6) is 0.647. The first-order valence-corrected chi connectivity index (χ1v) is 19.3. The van der Waals surface area contributed by atoms with Crippen molar-refractivity contribution in [3.63, 3.8) is 0 Å². The Hall–Kier alpha value is -2.23. The van der Waals surface area contributed by atoms with Crippen molar-refractivity contribution in [1.29, 1.82) is 0 Å². The van der Waals surface area contributed by atoms with Crippen molar-refractivity contribution in [2.24, 2.45) is 44.8 Å². The quantitative estimate of drug-likeness (QED) is 0.188. The van der Waals surface area contributed by atoms with Gasteiger partial charge in [-0.3, -0.25) is 4.79 Å². The minimum absolute atomic E-state index is 0.00583. The molecule has 50 heavy (non-hydrogen) atoms. The summed E-state index contributed by atoms with van der Waals surface area (Å²) in [6, 6.07) is 8.81. The van der Waals surface area contributed by atoms with Crippen LogP contribution in [0.2, 0.25) is 0 Å². The maximum atomic E-state index is 14.6. The first kappa shape index (κ1) is 34.8. The molecule has 1 aromatic heterocycles. The first-order valence-electron chi connectivity index (χ1n) is 19.3. The van der Waals surface area contributed by atoms with Crippen LogP contribution in [0.15, 0.2) is 35.9 Å². The molecule has 8 rings (SSSR count). The third-order valence-corrected chi connectivity index (χ3v) is 16.3. The van der Waals surface area contributed by atoms with Crippen LogP contribution in [0, 0.1) is 44.8 Å². The monoisotopic (exact) mass is 689 g/mol. The lowest BCUT2D eigenvalue weighted by Crippen LogP contribution is -2.65. The minimum atomic E-state index is -1.61. The topological polar surface area (TPSA) is 132 Å². The number of H-pyrrole nitrogens is 1. The molecule has 1 aliphatic heterocycles. The van der Waals surface area contributed by atoms with Gasteiger partial charge in [0.05, 0.1) is 12.0 Å². The molecule has 0 amide bonds. The number of aromatic amines is 1. The summed E-state index contributed by atoms with van der Waals surface area (Å²) < 4.78 is 11.7. The van der Waals surface area contributed by atoms with Crippen molar-refractivity contribution in [2.45, 2.75) is 142 Å². The summed E-state index contributed by atoms with van der Waals surface area (Å²) >= 11 is 0. The number of benzene rings is 1. The molecular weight excluding hydrogens is 630 g/mol. The number of carbonyl (C=O) groups is 1. The van der Waals surface area contributed by atoms with Crippen LogP contribution in [0.3, 0.4) is 0 Å². The van der Waals surface area contributed by atoms with Crippen LogP contribution in [0.4, 0.5) is 0 Å². The Morgan fingerprint density at radius 2 is 1.64 bits per heavy atom. The van der Waals surface area contributed by atoms with E-state index in [0.29, 0.717) is 24.7 Å². The number of fused-ring (bicyclic) bond motifs is 10. The van der Waals surface area contributed by atoms with Crippen molar-refractivity contribution in [1.82, 2.24) is 4.98 Å². The maximum absolute atomic E-state index is 14.6. The molecule has 8 heteroatoms. The van der Waals surface area contributed by atoms with Crippen molar-refractivity contribution in [3.8, 4) is 0 Å². The molecule has 274 valence electrons. The van der Waals surface area contributed by atoms with Gasteiger partial charge in [0, 0.05) is 22.0 Å². The molecule has 3 saturated carbocycles. The van der Waals surface area contributed by atoms with Crippen LogP contribution in [0.1, 0.15) is 111 Å². The second kappa shape index (κ2) is 11.1. The largest absolute Gasteiger partial charge is 0.432 e. The van der Waals surface area contributed by atoms with Crippen LogP contribution >= 0.6 is 0 Å². The molecule has 5 aliphatic carbocycles. The lowest BCUT2D eigenvalue weighted by molar-refractivity contribution is -0.297. The molecule has 1 aromatic carbocycles. The number of hydrogen-bond donors (Lipinski definition) is 5. The fourth-order valence-corrected chi connectivity index (χ4v) is 13.3. The van der Waals surface area contributed by atoms with Gasteiger partial charge in [-0.1, -0.05) is 78.3 Å². The standard InChI is InChI=1S/C42H59NO7/c1-37(2)16-18-42(36(48)50-35-33(47)32(46)31(45)28(22-44)49-35)19-17-40(6)25(26(42)21-37)12-13-30-39(5)20-24-23-10-8-9-11-27(23)43-34(24)38(3,4)29(39)14-15-41(30,40)7/h8-12,26,28-33,35,43-47H,13-22H2,1-7H3/t26-,28+,29-,30+,31+,32-,33+,35-,39-,40+,41+,42-/m0/s1. The Morgan fingerprint density at radius 1 is 0.920 bits per heavy atom. The normalized spacial score (nSPS) is 46.0. The molecule has 0 unspecified atom stereocenters. The lowest BCUT2D eigenvalue weighted by Gasteiger charge is -2.70. The van der Waals surface area contributed by atoms with Gasteiger partial charge in [-0.05, 0) is 109 Å². The van der Waals surface area contributed by atoms with E-state index in [1.807, 2.05) is 0 Å². The summed E-state index contributed by atoms with van der Waals surface area (Å²) in [5.41, 5.74) is 4.98. The number of ether oxygens (including phenoxy) is 2. The Bertz CT molecular complexity index is 1730. The second-order valence-electron chi connectivity index (χ2n) is 19.4. The van der Waals surface area contributed by atoms with E-state index in [2.05, 4.69) is 83.8 Å². The molecule has 0 spiro atoms. The van der Waals surface area contributed by atoms with E-state index in [0.717, 1.165) is 38.5 Å². The number of esters is 1. The number of aromatic nitrogens is 1. The zero-order chi connectivity index (χ0) is 35.8. The molecule has 2 heterocycles. The highest BCUT2D eigenvalue weighted by atomic mass is 16.7. The summed E-state index contributed by atoms with van der Waals surface area (Å²) in [5, 5.41) is 42.7. The van der Waals surface area contributed by atoms with Crippen LogP contribution in [-0.2, 0) is 26.1 Å². The van der Waals surface area contributed by atoms with Crippen LogP contribution in [-0.4, -0.2) is 68.7 Å².